The molecule has 0 atom stereocenters. The molecule has 0 unspecified atom stereocenters. The van der Waals surface area contributed by atoms with E-state index in [1.165, 1.54) is 0 Å². The quantitative estimate of drug-likeness (QED) is 0.752. The maximum absolute atomic E-state index is 12.5. The second kappa shape index (κ2) is 9.13. The van der Waals surface area contributed by atoms with E-state index >= 15 is 0 Å². The standard InChI is InChI=1S/C21H28N2O3/c1-6-23(7-2)18-11-9-17(10-12-18)22-21(24)16-8-13-19(26-15(3)4)20(14-16)25-5/h8-15H,6-7H2,1-5H3,(H,22,24). The van der Waals surface area contributed by atoms with Crippen molar-refractivity contribution in [2.75, 3.05) is 30.4 Å². The van der Waals surface area contributed by atoms with E-state index < -0.39 is 0 Å². The zero-order valence-electron chi connectivity index (χ0n) is 16.2. The van der Waals surface area contributed by atoms with Gasteiger partial charge < -0.3 is 19.7 Å². The van der Waals surface area contributed by atoms with Crippen LogP contribution < -0.4 is 19.7 Å². The van der Waals surface area contributed by atoms with Crippen LogP contribution in [0.5, 0.6) is 11.5 Å². The van der Waals surface area contributed by atoms with E-state index in [9.17, 15) is 4.79 Å². The minimum Gasteiger partial charge on any atom is -0.493 e. The number of hydrogen-bond acceptors (Lipinski definition) is 4. The van der Waals surface area contributed by atoms with Crippen molar-refractivity contribution >= 4 is 17.3 Å². The molecule has 26 heavy (non-hydrogen) atoms. The monoisotopic (exact) mass is 356 g/mol. The Morgan fingerprint density at radius 2 is 1.69 bits per heavy atom. The number of carbonyl (C=O) groups excluding carboxylic acids is 1. The number of rotatable bonds is 8. The molecule has 0 heterocycles. The van der Waals surface area contributed by atoms with Crippen LogP contribution in [0.4, 0.5) is 11.4 Å². The first-order valence-corrected chi connectivity index (χ1v) is 8.99. The van der Waals surface area contributed by atoms with Crippen LogP contribution in [0.1, 0.15) is 38.1 Å². The van der Waals surface area contributed by atoms with E-state index in [1.54, 1.807) is 25.3 Å². The molecule has 0 aromatic heterocycles. The molecule has 0 aliphatic carbocycles. The lowest BCUT2D eigenvalue weighted by molar-refractivity contribution is 0.102. The summed E-state index contributed by atoms with van der Waals surface area (Å²) < 4.78 is 11.0. The highest BCUT2D eigenvalue weighted by Gasteiger charge is 2.12. The number of carbonyl (C=O) groups is 1. The van der Waals surface area contributed by atoms with Crippen LogP contribution in [0.2, 0.25) is 0 Å². The molecular weight excluding hydrogens is 328 g/mol. The summed E-state index contributed by atoms with van der Waals surface area (Å²) in [5, 5.41) is 2.92. The molecule has 0 radical (unpaired) electrons. The first kappa shape index (κ1) is 19.6. The van der Waals surface area contributed by atoms with Crippen LogP contribution in [0.25, 0.3) is 0 Å². The molecule has 0 fully saturated rings. The summed E-state index contributed by atoms with van der Waals surface area (Å²) in [7, 11) is 1.57. The molecule has 0 saturated heterocycles. The third-order valence-electron chi connectivity index (χ3n) is 4.04. The molecule has 5 heteroatoms. The number of methoxy groups -OCH3 is 1. The van der Waals surface area contributed by atoms with E-state index in [2.05, 4.69) is 24.1 Å². The molecule has 2 rings (SSSR count). The number of nitrogens with one attached hydrogen (secondary N) is 1. The largest absolute Gasteiger partial charge is 0.493 e. The average molecular weight is 356 g/mol. The van der Waals surface area contributed by atoms with Crippen molar-refractivity contribution in [2.45, 2.75) is 33.8 Å². The fraction of sp³-hybridized carbons (Fsp3) is 0.381. The topological polar surface area (TPSA) is 50.8 Å². The van der Waals surface area contributed by atoms with Gasteiger partial charge in [0.15, 0.2) is 11.5 Å². The van der Waals surface area contributed by atoms with Gasteiger partial charge in [-0.25, -0.2) is 0 Å². The highest BCUT2D eigenvalue weighted by molar-refractivity contribution is 6.04. The molecule has 0 spiro atoms. The summed E-state index contributed by atoms with van der Waals surface area (Å²) in [5.74, 6) is 0.987. The summed E-state index contributed by atoms with van der Waals surface area (Å²) in [6.45, 7) is 10.0. The van der Waals surface area contributed by atoms with Crippen LogP contribution >= 0.6 is 0 Å². The fourth-order valence-corrected chi connectivity index (χ4v) is 2.71. The number of hydrogen-bond donors (Lipinski definition) is 1. The van der Waals surface area contributed by atoms with Gasteiger partial charge in [-0.3, -0.25) is 4.79 Å². The van der Waals surface area contributed by atoms with Crippen molar-refractivity contribution in [3.05, 3.63) is 48.0 Å². The van der Waals surface area contributed by atoms with Gasteiger partial charge in [-0.1, -0.05) is 0 Å². The number of benzene rings is 2. The van der Waals surface area contributed by atoms with Crippen molar-refractivity contribution in [1.82, 2.24) is 0 Å². The van der Waals surface area contributed by atoms with Crippen molar-refractivity contribution in [1.29, 1.82) is 0 Å². The summed E-state index contributed by atoms with van der Waals surface area (Å²) >= 11 is 0. The van der Waals surface area contributed by atoms with Crippen molar-refractivity contribution < 1.29 is 14.3 Å². The SMILES string of the molecule is CCN(CC)c1ccc(NC(=O)c2ccc(OC(C)C)c(OC)c2)cc1. The molecule has 2 aromatic rings. The Morgan fingerprint density at radius 3 is 2.23 bits per heavy atom. The molecular formula is C21H28N2O3. The zero-order valence-corrected chi connectivity index (χ0v) is 16.2. The van der Waals surface area contributed by atoms with E-state index in [4.69, 9.17) is 9.47 Å². The minimum absolute atomic E-state index is 0.0351. The Kier molecular flexibility index (Phi) is 6.89. The van der Waals surface area contributed by atoms with Crippen LogP contribution in [0.3, 0.4) is 0 Å². The Bertz CT molecular complexity index is 723. The van der Waals surface area contributed by atoms with Crippen molar-refractivity contribution in [3.8, 4) is 11.5 Å². The van der Waals surface area contributed by atoms with E-state index in [-0.39, 0.29) is 12.0 Å². The van der Waals surface area contributed by atoms with Crippen LogP contribution in [-0.2, 0) is 0 Å². The molecule has 5 nitrogen and oxygen atoms in total. The number of amides is 1. The highest BCUT2D eigenvalue weighted by Crippen LogP contribution is 2.29. The number of anilines is 2. The molecule has 0 aliphatic heterocycles. The maximum Gasteiger partial charge on any atom is 0.255 e. The average Bonchev–Trinajstić information content (AvgIpc) is 2.64. The molecule has 0 bridgehead atoms. The van der Waals surface area contributed by atoms with E-state index in [0.717, 1.165) is 24.5 Å². The highest BCUT2D eigenvalue weighted by atomic mass is 16.5. The van der Waals surface area contributed by atoms with Gasteiger partial charge in [-0.2, -0.15) is 0 Å². The normalized spacial score (nSPS) is 10.5. The Morgan fingerprint density at radius 1 is 1.04 bits per heavy atom. The van der Waals surface area contributed by atoms with Crippen LogP contribution in [0, 0.1) is 0 Å². The predicted octanol–water partition coefficient (Wildman–Crippen LogP) is 4.58. The molecule has 2 aromatic carbocycles. The summed E-state index contributed by atoms with van der Waals surface area (Å²) in [4.78, 5) is 14.8. The van der Waals surface area contributed by atoms with Crippen LogP contribution in [0.15, 0.2) is 42.5 Å². The van der Waals surface area contributed by atoms with E-state index in [1.807, 2.05) is 38.1 Å². The van der Waals surface area contributed by atoms with Gasteiger partial charge in [0.2, 0.25) is 0 Å². The Labute approximate surface area is 155 Å². The lowest BCUT2D eigenvalue weighted by Crippen LogP contribution is -2.21. The molecule has 140 valence electrons. The van der Waals surface area contributed by atoms with Gasteiger partial charge in [0.1, 0.15) is 0 Å². The summed E-state index contributed by atoms with van der Waals surface area (Å²) in [6, 6.07) is 13.1. The third-order valence-corrected chi connectivity index (χ3v) is 4.04. The lowest BCUT2D eigenvalue weighted by atomic mass is 10.1. The first-order chi connectivity index (χ1) is 12.5. The fourth-order valence-electron chi connectivity index (χ4n) is 2.71. The van der Waals surface area contributed by atoms with Crippen LogP contribution in [-0.4, -0.2) is 32.2 Å². The number of ether oxygens (including phenoxy) is 2. The first-order valence-electron chi connectivity index (χ1n) is 8.99. The molecule has 0 aliphatic rings. The number of nitrogens with zero attached hydrogens (tertiary/aromatic N) is 1. The van der Waals surface area contributed by atoms with E-state index in [0.29, 0.717) is 17.1 Å². The van der Waals surface area contributed by atoms with Gasteiger partial charge in [0.25, 0.3) is 5.91 Å². The second-order valence-corrected chi connectivity index (χ2v) is 6.21. The Balaban J connectivity index is 2.12. The molecule has 1 amide bonds. The molecule has 1 N–H and O–H groups in total. The van der Waals surface area contributed by atoms with Crippen molar-refractivity contribution in [3.63, 3.8) is 0 Å². The van der Waals surface area contributed by atoms with Crippen molar-refractivity contribution in [2.24, 2.45) is 0 Å². The molecule has 0 saturated carbocycles. The van der Waals surface area contributed by atoms with Gasteiger partial charge >= 0.3 is 0 Å². The Hall–Kier alpha value is -2.69. The maximum atomic E-state index is 12.5. The summed E-state index contributed by atoms with van der Waals surface area (Å²) in [6.07, 6.45) is 0.0351. The second-order valence-electron chi connectivity index (χ2n) is 6.21. The zero-order chi connectivity index (χ0) is 19.1. The smallest absolute Gasteiger partial charge is 0.255 e. The third kappa shape index (κ3) is 4.91. The lowest BCUT2D eigenvalue weighted by Gasteiger charge is -2.21. The van der Waals surface area contributed by atoms with Gasteiger partial charge in [0, 0.05) is 30.0 Å². The predicted molar refractivity (Wildman–Crippen MR) is 107 cm³/mol. The van der Waals surface area contributed by atoms with Gasteiger partial charge in [-0.05, 0) is 70.2 Å². The minimum atomic E-state index is -0.185. The summed E-state index contributed by atoms with van der Waals surface area (Å²) in [5.41, 5.74) is 2.42. The van der Waals surface area contributed by atoms with Gasteiger partial charge in [-0.15, -0.1) is 0 Å². The van der Waals surface area contributed by atoms with Gasteiger partial charge in [0.05, 0.1) is 13.2 Å².